The van der Waals surface area contributed by atoms with Crippen molar-refractivity contribution in [3.05, 3.63) is 59.4 Å². The number of ether oxygens (including phenoxy) is 1. The number of anilines is 1. The molecular weight excluding hydrogens is 233 g/mol. The van der Waals surface area contributed by atoms with Gasteiger partial charge in [-0.3, -0.25) is 0 Å². The molecular formula is C14H14FNO2. The minimum atomic E-state index is -0.382. The van der Waals surface area contributed by atoms with Crippen LogP contribution in [0.5, 0.6) is 5.75 Å². The van der Waals surface area contributed by atoms with Gasteiger partial charge >= 0.3 is 0 Å². The first-order valence-corrected chi connectivity index (χ1v) is 5.55. The van der Waals surface area contributed by atoms with E-state index in [1.807, 2.05) is 24.3 Å². The Bertz CT molecular complexity index is 526. The van der Waals surface area contributed by atoms with E-state index in [2.05, 4.69) is 0 Å². The monoisotopic (exact) mass is 247 g/mol. The minimum absolute atomic E-state index is 0.0199. The Labute approximate surface area is 105 Å². The molecule has 4 heteroatoms. The number of nitrogens with two attached hydrogens (primary N) is 1. The summed E-state index contributed by atoms with van der Waals surface area (Å²) in [6, 6.07) is 11.4. The topological polar surface area (TPSA) is 55.5 Å². The van der Waals surface area contributed by atoms with Crippen LogP contribution in [0.15, 0.2) is 42.5 Å². The molecule has 0 radical (unpaired) electrons. The van der Waals surface area contributed by atoms with Crippen molar-refractivity contribution in [2.75, 3.05) is 5.73 Å². The number of hydrogen-bond donors (Lipinski definition) is 2. The first-order chi connectivity index (χ1) is 8.69. The van der Waals surface area contributed by atoms with Crippen LogP contribution in [0, 0.1) is 5.82 Å². The average molecular weight is 247 g/mol. The number of aliphatic hydroxyl groups is 1. The van der Waals surface area contributed by atoms with Crippen LogP contribution in [0.25, 0.3) is 0 Å². The zero-order valence-electron chi connectivity index (χ0n) is 9.77. The van der Waals surface area contributed by atoms with Gasteiger partial charge in [-0.2, -0.15) is 0 Å². The smallest absolute Gasteiger partial charge is 0.142 e. The third kappa shape index (κ3) is 2.99. The van der Waals surface area contributed by atoms with Gasteiger partial charge in [-0.25, -0.2) is 4.39 Å². The molecule has 2 aromatic carbocycles. The molecule has 0 heterocycles. The lowest BCUT2D eigenvalue weighted by Gasteiger charge is -2.09. The third-order valence-corrected chi connectivity index (χ3v) is 2.57. The maximum Gasteiger partial charge on any atom is 0.142 e. The molecule has 3 N–H and O–H groups in total. The molecule has 0 bridgehead atoms. The second-order valence-electron chi connectivity index (χ2n) is 3.95. The molecule has 0 saturated heterocycles. The summed E-state index contributed by atoms with van der Waals surface area (Å²) in [6.45, 7) is 0.369. The van der Waals surface area contributed by atoms with Crippen LogP contribution in [0.1, 0.15) is 11.1 Å². The SMILES string of the molecule is Nc1cc(F)ccc1OCc1ccc(CO)cc1. The van der Waals surface area contributed by atoms with E-state index in [9.17, 15) is 4.39 Å². The Morgan fingerprint density at radius 3 is 2.33 bits per heavy atom. The summed E-state index contributed by atoms with van der Waals surface area (Å²) in [5.41, 5.74) is 7.71. The molecule has 0 amide bonds. The fourth-order valence-corrected chi connectivity index (χ4v) is 1.55. The van der Waals surface area contributed by atoms with Crippen LogP contribution in [0.3, 0.4) is 0 Å². The van der Waals surface area contributed by atoms with E-state index < -0.39 is 0 Å². The summed E-state index contributed by atoms with van der Waals surface area (Å²) >= 11 is 0. The molecule has 3 nitrogen and oxygen atoms in total. The molecule has 0 saturated carbocycles. The largest absolute Gasteiger partial charge is 0.487 e. The predicted molar refractivity (Wildman–Crippen MR) is 67.5 cm³/mol. The van der Waals surface area contributed by atoms with Crippen molar-refractivity contribution >= 4 is 5.69 Å². The molecule has 0 atom stereocenters. The Kier molecular flexibility index (Phi) is 3.79. The van der Waals surface area contributed by atoms with Gasteiger partial charge in [-0.15, -0.1) is 0 Å². The fraction of sp³-hybridized carbons (Fsp3) is 0.143. The van der Waals surface area contributed by atoms with Gasteiger partial charge in [-0.1, -0.05) is 24.3 Å². The van der Waals surface area contributed by atoms with Crippen LogP contribution >= 0.6 is 0 Å². The Balaban J connectivity index is 2.02. The van der Waals surface area contributed by atoms with E-state index in [-0.39, 0.29) is 18.1 Å². The first kappa shape index (κ1) is 12.4. The molecule has 18 heavy (non-hydrogen) atoms. The molecule has 0 aliphatic rings. The van der Waals surface area contributed by atoms with Gasteiger partial charge in [0.1, 0.15) is 18.2 Å². The summed E-state index contributed by atoms with van der Waals surface area (Å²) in [5.74, 6) is 0.0785. The van der Waals surface area contributed by atoms with Crippen LogP contribution in [0.4, 0.5) is 10.1 Å². The van der Waals surface area contributed by atoms with E-state index in [4.69, 9.17) is 15.6 Å². The number of nitrogen functional groups attached to an aromatic ring is 1. The van der Waals surface area contributed by atoms with Crippen molar-refractivity contribution in [2.45, 2.75) is 13.2 Å². The molecule has 0 spiro atoms. The highest BCUT2D eigenvalue weighted by Crippen LogP contribution is 2.22. The normalized spacial score (nSPS) is 10.3. The Hall–Kier alpha value is -2.07. The van der Waals surface area contributed by atoms with Gasteiger partial charge in [0, 0.05) is 6.07 Å². The Morgan fingerprint density at radius 2 is 1.72 bits per heavy atom. The van der Waals surface area contributed by atoms with Crippen molar-refractivity contribution in [3.8, 4) is 5.75 Å². The van der Waals surface area contributed by atoms with Crippen molar-refractivity contribution < 1.29 is 14.2 Å². The molecule has 2 aromatic rings. The summed E-state index contributed by atoms with van der Waals surface area (Å²) in [4.78, 5) is 0. The van der Waals surface area contributed by atoms with E-state index in [1.54, 1.807) is 0 Å². The molecule has 94 valence electrons. The molecule has 0 aromatic heterocycles. The van der Waals surface area contributed by atoms with Crippen LogP contribution < -0.4 is 10.5 Å². The van der Waals surface area contributed by atoms with Crippen molar-refractivity contribution in [1.82, 2.24) is 0 Å². The second-order valence-corrected chi connectivity index (χ2v) is 3.95. The number of halogens is 1. The van der Waals surface area contributed by atoms with E-state index in [0.29, 0.717) is 12.4 Å². The van der Waals surface area contributed by atoms with Gasteiger partial charge in [0.15, 0.2) is 0 Å². The molecule has 0 unspecified atom stereocenters. The van der Waals surface area contributed by atoms with Crippen molar-refractivity contribution in [3.63, 3.8) is 0 Å². The third-order valence-electron chi connectivity index (χ3n) is 2.57. The minimum Gasteiger partial charge on any atom is -0.487 e. The van der Waals surface area contributed by atoms with Gasteiger partial charge in [-0.05, 0) is 23.3 Å². The summed E-state index contributed by atoms with van der Waals surface area (Å²) < 4.78 is 18.3. The molecule has 0 aliphatic carbocycles. The maximum atomic E-state index is 12.8. The van der Waals surface area contributed by atoms with Gasteiger partial charge in [0.25, 0.3) is 0 Å². The fourth-order valence-electron chi connectivity index (χ4n) is 1.55. The van der Waals surface area contributed by atoms with Crippen LogP contribution in [-0.2, 0) is 13.2 Å². The van der Waals surface area contributed by atoms with Crippen molar-refractivity contribution in [2.24, 2.45) is 0 Å². The zero-order valence-corrected chi connectivity index (χ0v) is 9.77. The highest BCUT2D eigenvalue weighted by Gasteiger charge is 2.02. The summed E-state index contributed by atoms with van der Waals surface area (Å²) in [5, 5.41) is 8.92. The quantitative estimate of drug-likeness (QED) is 0.816. The maximum absolute atomic E-state index is 12.8. The molecule has 2 rings (SSSR count). The van der Waals surface area contributed by atoms with Crippen LogP contribution in [-0.4, -0.2) is 5.11 Å². The highest BCUT2D eigenvalue weighted by molar-refractivity contribution is 5.52. The van der Waals surface area contributed by atoms with Crippen molar-refractivity contribution in [1.29, 1.82) is 0 Å². The van der Waals surface area contributed by atoms with E-state index in [0.717, 1.165) is 11.1 Å². The predicted octanol–water partition coefficient (Wildman–Crippen LogP) is 2.48. The lowest BCUT2D eigenvalue weighted by molar-refractivity contribution is 0.281. The average Bonchev–Trinajstić information content (AvgIpc) is 2.38. The highest BCUT2D eigenvalue weighted by atomic mass is 19.1. The van der Waals surface area contributed by atoms with Crippen LogP contribution in [0.2, 0.25) is 0 Å². The summed E-state index contributed by atoms with van der Waals surface area (Å²) in [6.07, 6.45) is 0. The molecule has 0 fully saturated rings. The number of aliphatic hydroxyl groups excluding tert-OH is 1. The van der Waals surface area contributed by atoms with E-state index in [1.165, 1.54) is 18.2 Å². The van der Waals surface area contributed by atoms with Gasteiger partial charge in [0.2, 0.25) is 0 Å². The lowest BCUT2D eigenvalue weighted by Crippen LogP contribution is -1.99. The number of rotatable bonds is 4. The van der Waals surface area contributed by atoms with E-state index >= 15 is 0 Å². The van der Waals surface area contributed by atoms with Gasteiger partial charge in [0.05, 0.1) is 12.3 Å². The molecule has 0 aliphatic heterocycles. The van der Waals surface area contributed by atoms with Gasteiger partial charge < -0.3 is 15.6 Å². The summed E-state index contributed by atoms with van der Waals surface area (Å²) in [7, 11) is 0. The Morgan fingerprint density at radius 1 is 1.06 bits per heavy atom. The second kappa shape index (κ2) is 5.51. The number of benzene rings is 2. The standard InChI is InChI=1S/C14H14FNO2/c15-12-5-6-14(13(16)7-12)18-9-11-3-1-10(8-17)2-4-11/h1-7,17H,8-9,16H2. The zero-order chi connectivity index (χ0) is 13.0. The number of hydrogen-bond acceptors (Lipinski definition) is 3. The lowest BCUT2D eigenvalue weighted by atomic mass is 10.1. The first-order valence-electron chi connectivity index (χ1n) is 5.55.